The van der Waals surface area contributed by atoms with Crippen molar-refractivity contribution in [2.75, 3.05) is 7.11 Å². The van der Waals surface area contributed by atoms with Gasteiger partial charge in [0.1, 0.15) is 22.1 Å². The molecule has 5 nitrogen and oxygen atoms in total. The van der Waals surface area contributed by atoms with E-state index in [1.807, 2.05) is 47.9 Å². The first-order chi connectivity index (χ1) is 14.2. The summed E-state index contributed by atoms with van der Waals surface area (Å²) in [6.45, 7) is 5.57. The van der Waals surface area contributed by atoms with Gasteiger partial charge in [-0.15, -0.1) is 22.7 Å². The maximum Gasteiger partial charge on any atom is 0.269 e. The van der Waals surface area contributed by atoms with E-state index in [0.29, 0.717) is 9.20 Å². The van der Waals surface area contributed by atoms with Gasteiger partial charge in [-0.2, -0.15) is 5.26 Å². The number of benzene rings is 1. The van der Waals surface area contributed by atoms with Crippen LogP contribution in [0.5, 0.6) is 5.75 Å². The van der Waals surface area contributed by atoms with E-state index in [0.717, 1.165) is 16.2 Å². The molecule has 0 spiro atoms. The molecule has 2 heterocycles. The number of aromatic nitrogens is 1. The number of thiophene rings is 1. The fourth-order valence-corrected chi connectivity index (χ4v) is 4.66. The van der Waals surface area contributed by atoms with Gasteiger partial charge in [0.05, 0.1) is 18.2 Å². The molecule has 3 aromatic rings. The molecule has 0 saturated carbocycles. The summed E-state index contributed by atoms with van der Waals surface area (Å²) in [5, 5.41) is 11.7. The second-order valence-electron chi connectivity index (χ2n) is 7.74. The van der Waals surface area contributed by atoms with Gasteiger partial charge in [0.15, 0.2) is 5.78 Å². The molecule has 0 N–H and O–H groups in total. The Morgan fingerprint density at radius 1 is 1.23 bits per heavy atom. The molecule has 0 unspecified atom stereocenters. The van der Waals surface area contributed by atoms with E-state index < -0.39 is 5.41 Å². The van der Waals surface area contributed by atoms with Crippen LogP contribution in [0, 0.1) is 16.7 Å². The molecule has 0 bridgehead atoms. The molecule has 0 saturated heterocycles. The molecular weight excluding hydrogens is 416 g/mol. The highest BCUT2D eigenvalue weighted by atomic mass is 32.1. The number of methoxy groups -OCH3 is 1. The fraction of sp³-hybridized carbons (Fsp3) is 0.261. The Morgan fingerprint density at radius 2 is 1.93 bits per heavy atom. The third kappa shape index (κ3) is 4.61. The average Bonchev–Trinajstić information content (AvgIpc) is 3.33. The lowest BCUT2D eigenvalue weighted by Gasteiger charge is -2.15. The molecule has 0 amide bonds. The molecule has 0 fully saturated rings. The molecule has 3 rings (SSSR count). The summed E-state index contributed by atoms with van der Waals surface area (Å²) < 4.78 is 7.60. The minimum Gasteiger partial charge on any atom is -0.497 e. The molecule has 0 aliphatic heterocycles. The van der Waals surface area contributed by atoms with Gasteiger partial charge in [0.25, 0.3) is 5.56 Å². The van der Waals surface area contributed by atoms with Crippen molar-refractivity contribution in [1.82, 2.24) is 4.57 Å². The number of rotatable bonds is 5. The molecule has 0 aliphatic rings. The van der Waals surface area contributed by atoms with Crippen LogP contribution in [-0.2, 0) is 11.3 Å². The van der Waals surface area contributed by atoms with E-state index in [-0.39, 0.29) is 23.5 Å². The maximum absolute atomic E-state index is 13.2. The Bertz CT molecular complexity index is 1270. The predicted octanol–water partition coefficient (Wildman–Crippen LogP) is 3.15. The van der Waals surface area contributed by atoms with Gasteiger partial charge in [-0.1, -0.05) is 39.0 Å². The number of hydrogen-bond donors (Lipinski definition) is 0. The number of nitrogens with zero attached hydrogens (tertiary/aromatic N) is 2. The van der Waals surface area contributed by atoms with E-state index in [1.165, 1.54) is 27.2 Å². The topological polar surface area (TPSA) is 72.1 Å². The van der Waals surface area contributed by atoms with E-state index >= 15 is 0 Å². The average molecular weight is 439 g/mol. The molecule has 0 radical (unpaired) electrons. The number of Topliss-reactive ketones (excluding diaryl/α,β-unsaturated/α-hetero) is 1. The normalized spacial score (nSPS) is 13.1. The Balaban J connectivity index is 2.26. The SMILES string of the molecule is COc1ccc(Cn2c(=C(C#N)C(=O)C(C)(C)C)sc(=Cc3cccs3)c2=O)cc1. The summed E-state index contributed by atoms with van der Waals surface area (Å²) in [4.78, 5) is 27.1. The van der Waals surface area contributed by atoms with Crippen molar-refractivity contribution in [3.05, 3.63) is 71.8 Å². The van der Waals surface area contributed by atoms with Gasteiger partial charge in [-0.05, 0) is 35.2 Å². The van der Waals surface area contributed by atoms with Gasteiger partial charge < -0.3 is 4.74 Å². The Morgan fingerprint density at radius 3 is 2.47 bits per heavy atom. The van der Waals surface area contributed by atoms with Crippen LogP contribution in [0.3, 0.4) is 0 Å². The minimum atomic E-state index is -0.728. The molecule has 0 aliphatic carbocycles. The highest BCUT2D eigenvalue weighted by Gasteiger charge is 2.27. The van der Waals surface area contributed by atoms with Crippen molar-refractivity contribution in [2.45, 2.75) is 27.3 Å². The Labute approximate surface area is 182 Å². The quantitative estimate of drug-likeness (QED) is 0.614. The lowest BCUT2D eigenvalue weighted by atomic mass is 9.87. The van der Waals surface area contributed by atoms with Crippen LogP contribution in [0.25, 0.3) is 11.6 Å². The first-order valence-electron chi connectivity index (χ1n) is 9.31. The zero-order valence-electron chi connectivity index (χ0n) is 17.3. The predicted molar refractivity (Wildman–Crippen MR) is 121 cm³/mol. The number of ether oxygens (including phenoxy) is 1. The van der Waals surface area contributed by atoms with Gasteiger partial charge in [-0.3, -0.25) is 14.2 Å². The highest BCUT2D eigenvalue weighted by molar-refractivity contribution is 7.11. The lowest BCUT2D eigenvalue weighted by Crippen LogP contribution is -2.34. The van der Waals surface area contributed by atoms with Gasteiger partial charge in [0.2, 0.25) is 0 Å². The van der Waals surface area contributed by atoms with Crippen molar-refractivity contribution in [3.8, 4) is 11.8 Å². The van der Waals surface area contributed by atoms with Crippen molar-refractivity contribution in [1.29, 1.82) is 5.26 Å². The van der Waals surface area contributed by atoms with Crippen LogP contribution in [0.2, 0.25) is 0 Å². The number of thiazole rings is 1. The van der Waals surface area contributed by atoms with Crippen LogP contribution < -0.4 is 19.5 Å². The number of ketones is 1. The van der Waals surface area contributed by atoms with Crippen molar-refractivity contribution in [3.63, 3.8) is 0 Å². The summed E-state index contributed by atoms with van der Waals surface area (Å²) in [7, 11) is 1.59. The standard InChI is InChI=1S/C23H22N2O3S2/c1-23(2,3)20(26)18(13-24)22-25(14-15-7-9-16(28-4)10-8-15)21(27)19(30-22)12-17-6-5-11-29-17/h5-12H,14H2,1-4H3. The smallest absolute Gasteiger partial charge is 0.269 e. The van der Waals surface area contributed by atoms with Crippen LogP contribution >= 0.6 is 22.7 Å². The third-order valence-electron chi connectivity index (χ3n) is 4.46. The number of carbonyl (C=O) groups is 1. The molecule has 154 valence electrons. The molecule has 30 heavy (non-hydrogen) atoms. The monoisotopic (exact) mass is 438 g/mol. The first-order valence-corrected chi connectivity index (χ1v) is 11.0. The molecular formula is C23H22N2O3S2. The summed E-state index contributed by atoms with van der Waals surface area (Å²) in [5.41, 5.74) is -0.0500. The van der Waals surface area contributed by atoms with Crippen molar-refractivity contribution in [2.24, 2.45) is 5.41 Å². The number of nitriles is 1. The van der Waals surface area contributed by atoms with E-state index in [1.54, 1.807) is 27.9 Å². The van der Waals surface area contributed by atoms with Gasteiger partial charge >= 0.3 is 0 Å². The maximum atomic E-state index is 13.2. The lowest BCUT2D eigenvalue weighted by molar-refractivity contribution is -0.120. The zero-order valence-corrected chi connectivity index (χ0v) is 18.9. The largest absolute Gasteiger partial charge is 0.497 e. The van der Waals surface area contributed by atoms with Crippen LogP contribution in [0.4, 0.5) is 0 Å². The second-order valence-corrected chi connectivity index (χ2v) is 9.75. The third-order valence-corrected chi connectivity index (χ3v) is 6.41. The summed E-state index contributed by atoms with van der Waals surface area (Å²) in [5.74, 6) is 0.438. The van der Waals surface area contributed by atoms with Crippen molar-refractivity contribution >= 4 is 40.1 Å². The molecule has 0 atom stereocenters. The van der Waals surface area contributed by atoms with Crippen LogP contribution in [-0.4, -0.2) is 17.5 Å². The Hall–Kier alpha value is -2.95. The Kier molecular flexibility index (Phi) is 6.40. The summed E-state index contributed by atoms with van der Waals surface area (Å²) in [6.07, 6.45) is 1.81. The van der Waals surface area contributed by atoms with Gasteiger partial charge in [0, 0.05) is 10.3 Å². The fourth-order valence-electron chi connectivity index (χ4n) is 2.84. The minimum absolute atomic E-state index is 0.0175. The molecule has 7 heteroatoms. The van der Waals surface area contributed by atoms with Gasteiger partial charge in [-0.25, -0.2) is 0 Å². The molecule has 1 aromatic carbocycles. The molecule has 2 aromatic heterocycles. The summed E-state index contributed by atoms with van der Waals surface area (Å²) in [6, 6.07) is 13.3. The van der Waals surface area contributed by atoms with E-state index in [4.69, 9.17) is 4.74 Å². The summed E-state index contributed by atoms with van der Waals surface area (Å²) >= 11 is 2.71. The zero-order chi connectivity index (χ0) is 21.9. The van der Waals surface area contributed by atoms with E-state index in [9.17, 15) is 14.9 Å². The first kappa shape index (κ1) is 21.8. The highest BCUT2D eigenvalue weighted by Crippen LogP contribution is 2.20. The number of carbonyl (C=O) groups excluding carboxylic acids is 1. The number of hydrogen-bond acceptors (Lipinski definition) is 6. The second kappa shape index (κ2) is 8.82. The van der Waals surface area contributed by atoms with Crippen LogP contribution in [0.1, 0.15) is 31.2 Å². The van der Waals surface area contributed by atoms with E-state index in [2.05, 4.69) is 6.07 Å². The van der Waals surface area contributed by atoms with Crippen LogP contribution in [0.15, 0.2) is 46.6 Å². The van der Waals surface area contributed by atoms with Crippen molar-refractivity contribution < 1.29 is 9.53 Å².